The standard InChI is InChI=1S/C15H17FN2O2/c16-14-5-11(2-1-10(14)3-4-17)15(19)6-12-8-20-9-13(7-15)18-12/h1-2,5,12-13,18-19H,3,6-9H2. The van der Waals surface area contributed by atoms with Gasteiger partial charge in [0.2, 0.25) is 0 Å². The van der Waals surface area contributed by atoms with Crippen LogP contribution in [0.2, 0.25) is 0 Å². The van der Waals surface area contributed by atoms with E-state index in [4.69, 9.17) is 10.00 Å². The van der Waals surface area contributed by atoms with Crippen molar-refractivity contribution in [2.75, 3.05) is 13.2 Å². The lowest BCUT2D eigenvalue weighted by molar-refractivity contribution is -0.0803. The van der Waals surface area contributed by atoms with Crippen LogP contribution in [0.5, 0.6) is 0 Å². The van der Waals surface area contributed by atoms with Crippen LogP contribution in [-0.2, 0) is 16.8 Å². The molecule has 2 heterocycles. The molecule has 2 saturated heterocycles. The minimum Gasteiger partial charge on any atom is -0.385 e. The van der Waals surface area contributed by atoms with Gasteiger partial charge in [0.05, 0.1) is 31.3 Å². The number of rotatable bonds is 2. The lowest BCUT2D eigenvalue weighted by Gasteiger charge is -2.45. The van der Waals surface area contributed by atoms with Gasteiger partial charge < -0.3 is 15.2 Å². The molecule has 0 aromatic heterocycles. The van der Waals surface area contributed by atoms with Crippen molar-refractivity contribution in [2.45, 2.75) is 36.9 Å². The number of nitrogens with zero attached hydrogens (tertiary/aromatic N) is 1. The fourth-order valence-corrected chi connectivity index (χ4v) is 3.22. The highest BCUT2D eigenvalue weighted by Gasteiger charge is 2.42. The summed E-state index contributed by atoms with van der Waals surface area (Å²) in [7, 11) is 0. The number of nitriles is 1. The number of fused-ring (bicyclic) bond motifs is 2. The third-order valence-corrected chi connectivity index (χ3v) is 4.14. The molecule has 2 aliphatic heterocycles. The summed E-state index contributed by atoms with van der Waals surface area (Å²) in [6.45, 7) is 1.15. The highest BCUT2D eigenvalue weighted by atomic mass is 19.1. The molecule has 2 N–H and O–H groups in total. The molecule has 4 nitrogen and oxygen atoms in total. The van der Waals surface area contributed by atoms with E-state index in [0.717, 1.165) is 0 Å². The summed E-state index contributed by atoms with van der Waals surface area (Å²) >= 11 is 0. The Balaban J connectivity index is 1.88. The van der Waals surface area contributed by atoms with E-state index in [-0.39, 0.29) is 18.5 Å². The molecule has 1 aromatic rings. The van der Waals surface area contributed by atoms with Crippen molar-refractivity contribution in [3.63, 3.8) is 0 Å². The average Bonchev–Trinajstić information content (AvgIpc) is 2.40. The molecule has 2 fully saturated rings. The van der Waals surface area contributed by atoms with Gasteiger partial charge in [0.25, 0.3) is 0 Å². The van der Waals surface area contributed by atoms with Gasteiger partial charge in [-0.2, -0.15) is 5.26 Å². The van der Waals surface area contributed by atoms with E-state index in [0.29, 0.717) is 37.2 Å². The first kappa shape index (κ1) is 13.5. The molecule has 2 bridgehead atoms. The molecule has 0 radical (unpaired) electrons. The third-order valence-electron chi connectivity index (χ3n) is 4.14. The summed E-state index contributed by atoms with van der Waals surface area (Å²) in [6.07, 6.45) is 1.08. The Morgan fingerprint density at radius 2 is 2.10 bits per heavy atom. The Morgan fingerprint density at radius 1 is 1.40 bits per heavy atom. The Hall–Kier alpha value is -1.48. The summed E-state index contributed by atoms with van der Waals surface area (Å²) in [5.74, 6) is -0.419. The maximum absolute atomic E-state index is 13.9. The lowest BCUT2D eigenvalue weighted by atomic mass is 9.78. The third kappa shape index (κ3) is 2.42. The van der Waals surface area contributed by atoms with Gasteiger partial charge in [0.15, 0.2) is 0 Å². The van der Waals surface area contributed by atoms with Crippen molar-refractivity contribution in [1.29, 1.82) is 5.26 Å². The van der Waals surface area contributed by atoms with Crippen LogP contribution in [0.4, 0.5) is 4.39 Å². The van der Waals surface area contributed by atoms with Crippen molar-refractivity contribution < 1.29 is 14.2 Å². The Morgan fingerprint density at radius 3 is 2.70 bits per heavy atom. The molecule has 2 atom stereocenters. The largest absolute Gasteiger partial charge is 0.385 e. The molecule has 106 valence electrons. The van der Waals surface area contributed by atoms with Gasteiger partial charge in [-0.3, -0.25) is 0 Å². The molecule has 5 heteroatoms. The average molecular weight is 276 g/mol. The second kappa shape index (κ2) is 5.13. The Kier molecular flexibility index (Phi) is 3.47. The number of hydrogen-bond acceptors (Lipinski definition) is 4. The van der Waals surface area contributed by atoms with Gasteiger partial charge in [-0.15, -0.1) is 0 Å². The molecular weight excluding hydrogens is 259 g/mol. The zero-order chi connectivity index (χ0) is 14.2. The van der Waals surface area contributed by atoms with Crippen LogP contribution in [-0.4, -0.2) is 30.4 Å². The van der Waals surface area contributed by atoms with Crippen molar-refractivity contribution in [2.24, 2.45) is 0 Å². The normalized spacial score (nSPS) is 32.6. The number of ether oxygens (including phenoxy) is 1. The van der Waals surface area contributed by atoms with Crippen LogP contribution < -0.4 is 5.32 Å². The van der Waals surface area contributed by atoms with Gasteiger partial charge in [-0.1, -0.05) is 12.1 Å². The SMILES string of the molecule is N#CCc1ccc(C2(O)CC3COCC(C2)N3)cc1F. The number of morpholine rings is 1. The molecule has 1 aromatic carbocycles. The van der Waals surface area contributed by atoms with Gasteiger partial charge in [-0.25, -0.2) is 4.39 Å². The zero-order valence-electron chi connectivity index (χ0n) is 11.1. The fraction of sp³-hybridized carbons (Fsp3) is 0.533. The van der Waals surface area contributed by atoms with E-state index in [1.165, 1.54) is 6.07 Å². The highest BCUT2D eigenvalue weighted by Crippen LogP contribution is 2.37. The maximum Gasteiger partial charge on any atom is 0.127 e. The number of halogens is 1. The van der Waals surface area contributed by atoms with Crippen LogP contribution >= 0.6 is 0 Å². The van der Waals surface area contributed by atoms with E-state index >= 15 is 0 Å². The Bertz CT molecular complexity index is 543. The van der Waals surface area contributed by atoms with Crippen molar-refractivity contribution >= 4 is 0 Å². The van der Waals surface area contributed by atoms with Gasteiger partial charge in [0, 0.05) is 17.6 Å². The van der Waals surface area contributed by atoms with Crippen molar-refractivity contribution in [3.05, 3.63) is 35.1 Å². The van der Waals surface area contributed by atoms with Gasteiger partial charge in [0.1, 0.15) is 5.82 Å². The molecule has 2 aliphatic rings. The topological polar surface area (TPSA) is 65.3 Å². The zero-order valence-corrected chi connectivity index (χ0v) is 11.1. The van der Waals surface area contributed by atoms with E-state index in [1.807, 2.05) is 6.07 Å². The maximum atomic E-state index is 13.9. The van der Waals surface area contributed by atoms with Gasteiger partial charge >= 0.3 is 0 Å². The number of nitrogens with one attached hydrogen (secondary N) is 1. The molecule has 0 amide bonds. The van der Waals surface area contributed by atoms with E-state index < -0.39 is 11.4 Å². The van der Waals surface area contributed by atoms with E-state index in [2.05, 4.69) is 5.32 Å². The van der Waals surface area contributed by atoms with Gasteiger partial charge in [-0.05, 0) is 24.5 Å². The van der Waals surface area contributed by atoms with Crippen LogP contribution in [0.3, 0.4) is 0 Å². The number of hydrogen-bond donors (Lipinski definition) is 2. The first-order chi connectivity index (χ1) is 9.60. The van der Waals surface area contributed by atoms with Crippen LogP contribution in [0.25, 0.3) is 0 Å². The highest BCUT2D eigenvalue weighted by molar-refractivity contribution is 5.31. The van der Waals surface area contributed by atoms with Crippen LogP contribution in [0, 0.1) is 17.1 Å². The molecule has 0 spiro atoms. The predicted octanol–water partition coefficient (Wildman–Crippen LogP) is 1.23. The predicted molar refractivity (Wildman–Crippen MR) is 70.4 cm³/mol. The molecule has 0 saturated carbocycles. The quantitative estimate of drug-likeness (QED) is 0.852. The lowest BCUT2D eigenvalue weighted by Crippen LogP contribution is -2.58. The first-order valence-corrected chi connectivity index (χ1v) is 6.83. The summed E-state index contributed by atoms with van der Waals surface area (Å²) in [4.78, 5) is 0. The summed E-state index contributed by atoms with van der Waals surface area (Å²) in [5.41, 5.74) is -0.0523. The molecule has 3 rings (SSSR count). The second-order valence-corrected chi connectivity index (χ2v) is 5.68. The number of benzene rings is 1. The Labute approximate surface area is 117 Å². The van der Waals surface area contributed by atoms with E-state index in [9.17, 15) is 9.50 Å². The second-order valence-electron chi connectivity index (χ2n) is 5.68. The number of aliphatic hydroxyl groups is 1. The summed E-state index contributed by atoms with van der Waals surface area (Å²) in [6, 6.07) is 6.85. The van der Waals surface area contributed by atoms with Crippen LogP contribution in [0.1, 0.15) is 24.0 Å². The fourth-order valence-electron chi connectivity index (χ4n) is 3.22. The minimum absolute atomic E-state index is 0.0468. The molecule has 20 heavy (non-hydrogen) atoms. The number of piperidine rings is 1. The first-order valence-electron chi connectivity index (χ1n) is 6.83. The molecule has 0 aliphatic carbocycles. The van der Waals surface area contributed by atoms with Crippen LogP contribution in [0.15, 0.2) is 18.2 Å². The van der Waals surface area contributed by atoms with E-state index in [1.54, 1.807) is 12.1 Å². The molecule has 2 unspecified atom stereocenters. The summed E-state index contributed by atoms with van der Waals surface area (Å²) < 4.78 is 19.4. The smallest absolute Gasteiger partial charge is 0.127 e. The minimum atomic E-state index is -1.02. The monoisotopic (exact) mass is 276 g/mol. The van der Waals surface area contributed by atoms with Crippen molar-refractivity contribution in [3.8, 4) is 6.07 Å². The summed E-state index contributed by atoms with van der Waals surface area (Å²) in [5, 5.41) is 22.9. The molecular formula is C15H17FN2O2. The van der Waals surface area contributed by atoms with Crippen molar-refractivity contribution in [1.82, 2.24) is 5.32 Å².